The van der Waals surface area contributed by atoms with Crippen molar-refractivity contribution in [1.82, 2.24) is 19.6 Å². The number of nitrogens with two attached hydrogens (primary N) is 1. The smallest absolute Gasteiger partial charge is 0.163 e. The maximum Gasteiger partial charge on any atom is 0.163 e. The lowest BCUT2D eigenvalue weighted by Gasteiger charge is -2.15. The molecule has 8 heteroatoms. The van der Waals surface area contributed by atoms with Crippen molar-refractivity contribution in [2.45, 2.75) is 44.9 Å². The van der Waals surface area contributed by atoms with Gasteiger partial charge in [-0.15, -0.1) is 0 Å². The molecule has 4 rings (SSSR count). The van der Waals surface area contributed by atoms with E-state index in [-0.39, 0.29) is 5.41 Å². The van der Waals surface area contributed by atoms with Gasteiger partial charge >= 0.3 is 0 Å². The molecule has 1 aliphatic carbocycles. The highest BCUT2D eigenvalue weighted by molar-refractivity contribution is 5.69. The number of ether oxygens (including phenoxy) is 1. The van der Waals surface area contributed by atoms with Crippen LogP contribution in [-0.4, -0.2) is 39.8 Å². The van der Waals surface area contributed by atoms with E-state index in [1.54, 1.807) is 11.6 Å². The number of nitrogens with zero attached hydrogens (tertiary/aromatic N) is 5. The molecule has 0 atom stereocenters. The zero-order valence-corrected chi connectivity index (χ0v) is 17.7. The lowest BCUT2D eigenvalue weighted by atomic mass is 10.0. The largest absolute Gasteiger partial charge is 0.384 e. The van der Waals surface area contributed by atoms with Gasteiger partial charge in [-0.3, -0.25) is 4.98 Å². The third-order valence-electron chi connectivity index (χ3n) is 5.86. The number of pyridine rings is 1. The molecule has 0 unspecified atom stereocenters. The Kier molecular flexibility index (Phi) is 5.31. The summed E-state index contributed by atoms with van der Waals surface area (Å²) in [7, 11) is 1.74. The van der Waals surface area contributed by atoms with Gasteiger partial charge in [-0.1, -0.05) is 13.0 Å². The Morgan fingerprint density at radius 3 is 2.80 bits per heavy atom. The number of hydrogen-bond acceptors (Lipinski definition) is 7. The molecule has 3 aromatic heterocycles. The Hall–Kier alpha value is -3.18. The first-order chi connectivity index (χ1) is 14.5. The molecular weight excluding hydrogens is 378 g/mol. The second-order valence-corrected chi connectivity index (χ2v) is 7.89. The minimum absolute atomic E-state index is 0.0869. The van der Waals surface area contributed by atoms with E-state index in [0.29, 0.717) is 42.4 Å². The predicted molar refractivity (Wildman–Crippen MR) is 115 cm³/mol. The molecule has 30 heavy (non-hydrogen) atoms. The Labute approximate surface area is 176 Å². The van der Waals surface area contributed by atoms with Crippen molar-refractivity contribution in [3.05, 3.63) is 46.4 Å². The second kappa shape index (κ2) is 7.92. The Bertz CT molecular complexity index is 1120. The van der Waals surface area contributed by atoms with Crippen molar-refractivity contribution in [2.75, 3.05) is 31.3 Å². The van der Waals surface area contributed by atoms with E-state index in [4.69, 9.17) is 15.5 Å². The van der Waals surface area contributed by atoms with E-state index < -0.39 is 0 Å². The highest BCUT2D eigenvalue weighted by Gasteiger charge is 2.45. The van der Waals surface area contributed by atoms with Gasteiger partial charge in [0.15, 0.2) is 5.65 Å². The van der Waals surface area contributed by atoms with E-state index in [1.165, 1.54) is 0 Å². The highest BCUT2D eigenvalue weighted by Crippen LogP contribution is 2.47. The van der Waals surface area contributed by atoms with E-state index >= 15 is 0 Å². The fourth-order valence-electron chi connectivity index (χ4n) is 4.00. The van der Waals surface area contributed by atoms with Gasteiger partial charge in [-0.25, -0.2) is 4.98 Å². The van der Waals surface area contributed by atoms with Gasteiger partial charge in [-0.2, -0.15) is 14.9 Å². The fraction of sp³-hybridized carbons (Fsp3) is 0.455. The standard InChI is InChI=1S/C22H27N7O/c1-4-16-14(2)28-29-19(24)17(12-23)20(27-21(16)29)25-11-8-15-6-5-7-18(26-15)22(9-10-22)13-30-3/h5-7H,4,8-11,13,24H2,1-3H3,(H,25,27). The summed E-state index contributed by atoms with van der Waals surface area (Å²) in [6.07, 6.45) is 3.75. The van der Waals surface area contributed by atoms with Crippen LogP contribution in [-0.2, 0) is 23.0 Å². The molecule has 0 aromatic carbocycles. The SMILES string of the molecule is CCc1c(C)nn2c(N)c(C#N)c(NCCc3cccc(C4(COC)CC4)n3)nc12. The van der Waals surface area contributed by atoms with E-state index in [1.807, 2.05) is 13.0 Å². The minimum Gasteiger partial charge on any atom is -0.384 e. The van der Waals surface area contributed by atoms with Gasteiger partial charge in [0, 0.05) is 42.4 Å². The van der Waals surface area contributed by atoms with Crippen molar-refractivity contribution < 1.29 is 4.74 Å². The van der Waals surface area contributed by atoms with Gasteiger partial charge in [0.25, 0.3) is 0 Å². The molecular formula is C22H27N7O. The summed E-state index contributed by atoms with van der Waals surface area (Å²) in [5.74, 6) is 0.800. The molecule has 0 aliphatic heterocycles. The summed E-state index contributed by atoms with van der Waals surface area (Å²) < 4.78 is 6.95. The summed E-state index contributed by atoms with van der Waals surface area (Å²) in [5, 5.41) is 17.3. The van der Waals surface area contributed by atoms with Crippen LogP contribution in [0, 0.1) is 18.3 Å². The van der Waals surface area contributed by atoms with Gasteiger partial charge < -0.3 is 15.8 Å². The maximum absolute atomic E-state index is 9.62. The van der Waals surface area contributed by atoms with Crippen LogP contribution in [0.2, 0.25) is 0 Å². The molecule has 3 N–H and O–H groups in total. The van der Waals surface area contributed by atoms with Gasteiger partial charge in [0.05, 0.1) is 12.3 Å². The third-order valence-corrected chi connectivity index (χ3v) is 5.86. The van der Waals surface area contributed by atoms with Crippen LogP contribution >= 0.6 is 0 Å². The van der Waals surface area contributed by atoms with Gasteiger partial charge in [0.2, 0.25) is 0 Å². The van der Waals surface area contributed by atoms with Crippen molar-refractivity contribution >= 4 is 17.3 Å². The Morgan fingerprint density at radius 2 is 2.13 bits per heavy atom. The number of rotatable bonds is 8. The van der Waals surface area contributed by atoms with Gasteiger partial charge in [-0.05, 0) is 38.3 Å². The molecule has 8 nitrogen and oxygen atoms in total. The number of aromatic nitrogens is 4. The van der Waals surface area contributed by atoms with Crippen molar-refractivity contribution in [3.63, 3.8) is 0 Å². The van der Waals surface area contributed by atoms with Crippen LogP contribution in [0.5, 0.6) is 0 Å². The molecule has 0 spiro atoms. The molecule has 1 fully saturated rings. The monoisotopic (exact) mass is 405 g/mol. The number of anilines is 2. The normalized spacial score (nSPS) is 14.6. The first-order valence-electron chi connectivity index (χ1n) is 10.3. The van der Waals surface area contributed by atoms with Crippen molar-refractivity contribution in [1.29, 1.82) is 5.26 Å². The zero-order valence-electron chi connectivity index (χ0n) is 17.7. The zero-order chi connectivity index (χ0) is 21.3. The summed E-state index contributed by atoms with van der Waals surface area (Å²) in [4.78, 5) is 9.52. The Morgan fingerprint density at radius 1 is 1.33 bits per heavy atom. The maximum atomic E-state index is 9.62. The van der Waals surface area contributed by atoms with E-state index in [2.05, 4.69) is 40.5 Å². The summed E-state index contributed by atoms with van der Waals surface area (Å²) in [6.45, 7) is 5.30. The second-order valence-electron chi connectivity index (χ2n) is 7.89. The molecule has 3 heterocycles. The topological polar surface area (TPSA) is 114 Å². The summed E-state index contributed by atoms with van der Waals surface area (Å²) >= 11 is 0. The van der Waals surface area contributed by atoms with E-state index in [9.17, 15) is 5.26 Å². The first kappa shape index (κ1) is 20.1. The number of nitriles is 1. The number of fused-ring (bicyclic) bond motifs is 1. The number of methoxy groups -OCH3 is 1. The van der Waals surface area contributed by atoms with Crippen LogP contribution in [0.15, 0.2) is 18.2 Å². The molecule has 0 bridgehead atoms. The lowest BCUT2D eigenvalue weighted by molar-refractivity contribution is 0.170. The van der Waals surface area contributed by atoms with Crippen LogP contribution in [0.25, 0.3) is 5.65 Å². The average Bonchev–Trinajstić information content (AvgIpc) is 3.45. The van der Waals surface area contributed by atoms with Crippen molar-refractivity contribution in [3.8, 4) is 6.07 Å². The lowest BCUT2D eigenvalue weighted by Crippen LogP contribution is -2.17. The molecule has 1 aliphatic rings. The summed E-state index contributed by atoms with van der Waals surface area (Å²) in [5.41, 5.74) is 11.3. The minimum atomic E-state index is 0.0869. The quantitative estimate of drug-likeness (QED) is 0.592. The number of hydrogen-bond donors (Lipinski definition) is 2. The average molecular weight is 406 g/mol. The number of aryl methyl sites for hydroxylation is 2. The first-order valence-corrected chi connectivity index (χ1v) is 10.3. The van der Waals surface area contributed by atoms with Crippen LogP contribution in [0.3, 0.4) is 0 Å². The van der Waals surface area contributed by atoms with Crippen LogP contribution < -0.4 is 11.1 Å². The molecule has 0 saturated heterocycles. The number of nitrogen functional groups attached to an aromatic ring is 1. The Balaban J connectivity index is 1.54. The molecule has 1 saturated carbocycles. The van der Waals surface area contributed by atoms with Crippen LogP contribution in [0.1, 0.15) is 48.0 Å². The predicted octanol–water partition coefficient (Wildman–Crippen LogP) is 2.78. The number of nitrogens with one attached hydrogen (secondary N) is 1. The molecule has 0 amide bonds. The highest BCUT2D eigenvalue weighted by atomic mass is 16.5. The molecule has 3 aromatic rings. The third kappa shape index (κ3) is 3.46. The molecule has 156 valence electrons. The fourth-order valence-corrected chi connectivity index (χ4v) is 4.00. The van der Waals surface area contributed by atoms with Crippen LogP contribution in [0.4, 0.5) is 11.6 Å². The summed E-state index contributed by atoms with van der Waals surface area (Å²) in [6, 6.07) is 8.33. The van der Waals surface area contributed by atoms with E-state index in [0.717, 1.165) is 41.9 Å². The molecule has 0 radical (unpaired) electrons. The van der Waals surface area contributed by atoms with Gasteiger partial charge in [0.1, 0.15) is 23.3 Å². The van der Waals surface area contributed by atoms with Crippen molar-refractivity contribution in [2.24, 2.45) is 0 Å².